The lowest BCUT2D eigenvalue weighted by atomic mass is 10.5. The third-order valence-corrected chi connectivity index (χ3v) is 0.693. The van der Waals surface area contributed by atoms with Gasteiger partial charge >= 0.3 is 6.16 Å². The first kappa shape index (κ1) is 9.20. The van der Waals surface area contributed by atoms with Crippen LogP contribution in [-0.4, -0.2) is 25.5 Å². The Kier molecular flexibility index (Phi) is 4.62. The van der Waals surface area contributed by atoms with Gasteiger partial charge in [0, 0.05) is 0 Å². The Labute approximate surface area is 59.1 Å². The number of rotatable bonds is 3. The molecule has 0 aliphatic heterocycles. The van der Waals surface area contributed by atoms with E-state index in [4.69, 9.17) is 0 Å². The molecule has 0 bridgehead atoms. The summed E-state index contributed by atoms with van der Waals surface area (Å²) in [5.41, 5.74) is 0. The van der Waals surface area contributed by atoms with E-state index in [-0.39, 0.29) is 13.2 Å². The summed E-state index contributed by atoms with van der Waals surface area (Å²) in [5.74, 6) is 0. The lowest BCUT2D eigenvalue weighted by Gasteiger charge is -2.03. The van der Waals surface area contributed by atoms with Crippen LogP contribution >= 0.6 is 0 Å². The van der Waals surface area contributed by atoms with Crippen LogP contribution in [-0.2, 0) is 9.47 Å². The molecule has 3 nitrogen and oxygen atoms in total. The van der Waals surface area contributed by atoms with Gasteiger partial charge in [-0.2, -0.15) is 0 Å². The van der Waals surface area contributed by atoms with E-state index in [1.807, 2.05) is 0 Å². The summed E-state index contributed by atoms with van der Waals surface area (Å²) in [5, 5.41) is 0. The van der Waals surface area contributed by atoms with Crippen LogP contribution in [0.2, 0.25) is 0 Å². The van der Waals surface area contributed by atoms with E-state index < -0.39 is 12.3 Å². The number of carbonyl (C=O) groups is 1. The Morgan fingerprint density at radius 1 is 1.60 bits per heavy atom. The molecule has 0 saturated heterocycles. The van der Waals surface area contributed by atoms with Crippen molar-refractivity contribution in [3.05, 3.63) is 0 Å². The molecule has 10 heavy (non-hydrogen) atoms. The van der Waals surface area contributed by atoms with E-state index in [0.29, 0.717) is 0 Å². The van der Waals surface area contributed by atoms with Crippen molar-refractivity contribution in [1.82, 2.24) is 0 Å². The van der Waals surface area contributed by atoms with Crippen molar-refractivity contribution in [2.24, 2.45) is 0 Å². The van der Waals surface area contributed by atoms with E-state index in [2.05, 4.69) is 9.47 Å². The van der Waals surface area contributed by atoms with Gasteiger partial charge < -0.3 is 9.47 Å². The average molecular weight is 150 g/mol. The van der Waals surface area contributed by atoms with Gasteiger partial charge in [-0.15, -0.1) is 0 Å². The summed E-state index contributed by atoms with van der Waals surface area (Å²) < 4.78 is 20.6. The van der Waals surface area contributed by atoms with Gasteiger partial charge in [0.1, 0.15) is 12.8 Å². The lowest BCUT2D eigenvalue weighted by molar-refractivity contribution is 0.0439. The summed E-state index contributed by atoms with van der Waals surface area (Å²) in [6.45, 7) is 2.97. The Hall–Kier alpha value is -0.800. The minimum Gasteiger partial charge on any atom is -0.435 e. The maximum absolute atomic E-state index is 12.0. The Bertz CT molecular complexity index is 103. The fourth-order valence-corrected chi connectivity index (χ4v) is 0.342. The minimum atomic E-state index is -1.13. The van der Waals surface area contributed by atoms with Crippen LogP contribution in [0.25, 0.3) is 0 Å². The standard InChI is InChI=1S/C6H11FO3/c1-3-9-6(8)10-4-5(2)7/h5H,3-4H2,1-2H3. The molecule has 0 saturated carbocycles. The summed E-state index contributed by atoms with van der Waals surface area (Å²) in [6.07, 6.45) is -1.95. The number of carbonyl (C=O) groups excluding carboxylic acids is 1. The van der Waals surface area contributed by atoms with Crippen LogP contribution < -0.4 is 0 Å². The van der Waals surface area contributed by atoms with Crippen molar-refractivity contribution >= 4 is 6.16 Å². The van der Waals surface area contributed by atoms with Crippen molar-refractivity contribution in [3.8, 4) is 0 Å². The molecule has 0 aromatic carbocycles. The molecule has 0 fully saturated rings. The molecule has 1 atom stereocenters. The van der Waals surface area contributed by atoms with Gasteiger partial charge in [0.15, 0.2) is 0 Å². The van der Waals surface area contributed by atoms with Crippen LogP contribution in [0, 0.1) is 0 Å². The van der Waals surface area contributed by atoms with Crippen LogP contribution in [0.4, 0.5) is 9.18 Å². The predicted molar refractivity (Wildman–Crippen MR) is 33.5 cm³/mol. The Morgan fingerprint density at radius 3 is 2.60 bits per heavy atom. The third kappa shape index (κ3) is 5.34. The third-order valence-electron chi connectivity index (χ3n) is 0.693. The quantitative estimate of drug-likeness (QED) is 0.572. The van der Waals surface area contributed by atoms with Crippen molar-refractivity contribution in [2.45, 2.75) is 20.0 Å². The molecule has 0 aromatic heterocycles. The number of alkyl halides is 1. The first-order valence-electron chi connectivity index (χ1n) is 3.10. The highest BCUT2D eigenvalue weighted by atomic mass is 19.1. The zero-order valence-electron chi connectivity index (χ0n) is 6.09. The molecule has 1 unspecified atom stereocenters. The van der Waals surface area contributed by atoms with E-state index in [1.165, 1.54) is 6.92 Å². The highest BCUT2D eigenvalue weighted by Gasteiger charge is 2.04. The van der Waals surface area contributed by atoms with E-state index in [1.54, 1.807) is 6.92 Å². The van der Waals surface area contributed by atoms with Gasteiger partial charge in [0.05, 0.1) is 6.61 Å². The Balaban J connectivity index is 3.22. The van der Waals surface area contributed by atoms with E-state index in [9.17, 15) is 9.18 Å². The normalized spacial score (nSPS) is 12.3. The molecule has 0 heterocycles. The molecule has 0 spiro atoms. The van der Waals surface area contributed by atoms with E-state index >= 15 is 0 Å². The maximum Gasteiger partial charge on any atom is 0.508 e. The van der Waals surface area contributed by atoms with E-state index in [0.717, 1.165) is 0 Å². The van der Waals surface area contributed by atoms with Crippen LogP contribution in [0.1, 0.15) is 13.8 Å². The minimum absolute atomic E-state index is 0.237. The van der Waals surface area contributed by atoms with Gasteiger partial charge in [-0.05, 0) is 13.8 Å². The molecular weight excluding hydrogens is 139 g/mol. The van der Waals surface area contributed by atoms with Crippen molar-refractivity contribution in [1.29, 1.82) is 0 Å². The van der Waals surface area contributed by atoms with Gasteiger partial charge in [-0.1, -0.05) is 0 Å². The molecular formula is C6H11FO3. The SMILES string of the molecule is CCOC(=O)OCC(C)F. The predicted octanol–water partition coefficient (Wildman–Crippen LogP) is 1.52. The smallest absolute Gasteiger partial charge is 0.435 e. The van der Waals surface area contributed by atoms with Crippen molar-refractivity contribution in [3.63, 3.8) is 0 Å². The second-order valence-corrected chi connectivity index (χ2v) is 1.77. The van der Waals surface area contributed by atoms with Gasteiger partial charge in [0.25, 0.3) is 0 Å². The topological polar surface area (TPSA) is 35.5 Å². The van der Waals surface area contributed by atoms with Gasteiger partial charge in [-0.3, -0.25) is 0 Å². The zero-order valence-corrected chi connectivity index (χ0v) is 6.09. The molecule has 0 aromatic rings. The summed E-state index contributed by atoms with van der Waals surface area (Å²) in [6, 6.07) is 0. The maximum atomic E-state index is 12.0. The Morgan fingerprint density at radius 2 is 2.20 bits per heavy atom. The lowest BCUT2D eigenvalue weighted by Crippen LogP contribution is -2.13. The summed E-state index contributed by atoms with van der Waals surface area (Å²) >= 11 is 0. The van der Waals surface area contributed by atoms with Crippen LogP contribution in [0.15, 0.2) is 0 Å². The fraction of sp³-hybridized carbons (Fsp3) is 0.833. The molecule has 4 heteroatoms. The summed E-state index contributed by atoms with van der Waals surface area (Å²) in [4.78, 5) is 10.3. The summed E-state index contributed by atoms with van der Waals surface area (Å²) in [7, 11) is 0. The first-order valence-corrected chi connectivity index (χ1v) is 3.10. The molecule has 0 rings (SSSR count). The van der Waals surface area contributed by atoms with Gasteiger partial charge in [0.2, 0.25) is 0 Å². The molecule has 60 valence electrons. The molecule has 0 N–H and O–H groups in total. The first-order chi connectivity index (χ1) is 4.66. The number of hydrogen-bond donors (Lipinski definition) is 0. The second kappa shape index (κ2) is 5.02. The van der Waals surface area contributed by atoms with Crippen LogP contribution in [0.5, 0.6) is 0 Å². The molecule has 0 radical (unpaired) electrons. The monoisotopic (exact) mass is 150 g/mol. The molecule has 0 aliphatic carbocycles. The second-order valence-electron chi connectivity index (χ2n) is 1.77. The number of hydrogen-bond acceptors (Lipinski definition) is 3. The zero-order chi connectivity index (χ0) is 7.98. The van der Waals surface area contributed by atoms with Gasteiger partial charge in [-0.25, -0.2) is 9.18 Å². The molecule has 0 amide bonds. The fourth-order valence-electron chi connectivity index (χ4n) is 0.342. The molecule has 0 aliphatic rings. The van der Waals surface area contributed by atoms with Crippen LogP contribution in [0.3, 0.4) is 0 Å². The number of ether oxygens (including phenoxy) is 2. The largest absolute Gasteiger partial charge is 0.508 e. The highest BCUT2D eigenvalue weighted by Crippen LogP contribution is 1.91. The number of halogens is 1. The van der Waals surface area contributed by atoms with Crippen molar-refractivity contribution in [2.75, 3.05) is 13.2 Å². The highest BCUT2D eigenvalue weighted by molar-refractivity contribution is 5.59. The van der Waals surface area contributed by atoms with Crippen molar-refractivity contribution < 1.29 is 18.7 Å². The average Bonchev–Trinajstić information content (AvgIpc) is 1.85.